The first kappa shape index (κ1) is 17.1. The summed E-state index contributed by atoms with van der Waals surface area (Å²) < 4.78 is 10.6. The smallest absolute Gasteiger partial charge is 0.232 e. The van der Waals surface area contributed by atoms with Gasteiger partial charge < -0.3 is 20.1 Å². The number of aromatic nitrogens is 3. The van der Waals surface area contributed by atoms with Crippen LogP contribution in [-0.2, 0) is 12.8 Å². The summed E-state index contributed by atoms with van der Waals surface area (Å²) in [5, 5.41) is 6.41. The first-order valence-corrected chi connectivity index (χ1v) is 8.82. The fraction of sp³-hybridized carbons (Fsp3) is 0.250. The van der Waals surface area contributed by atoms with Crippen LogP contribution >= 0.6 is 0 Å². The molecule has 0 radical (unpaired) electrons. The number of methoxy groups -OCH3 is 2. The Morgan fingerprint density at radius 1 is 0.778 bits per heavy atom. The Hall–Kier alpha value is -3.35. The van der Waals surface area contributed by atoms with Crippen molar-refractivity contribution in [1.82, 2.24) is 15.0 Å². The molecule has 2 N–H and O–H groups in total. The highest BCUT2D eigenvalue weighted by Crippen LogP contribution is 2.31. The lowest BCUT2D eigenvalue weighted by molar-refractivity contribution is 0.355. The molecular weight excluding hydrogens is 342 g/mol. The van der Waals surface area contributed by atoms with Crippen molar-refractivity contribution in [3.63, 3.8) is 0 Å². The van der Waals surface area contributed by atoms with E-state index in [2.05, 4.69) is 43.8 Å². The van der Waals surface area contributed by atoms with Crippen molar-refractivity contribution in [2.75, 3.05) is 24.9 Å². The number of nitrogens with zero attached hydrogens (tertiary/aromatic N) is 3. The van der Waals surface area contributed by atoms with Crippen LogP contribution in [0, 0.1) is 0 Å². The van der Waals surface area contributed by atoms with Crippen LogP contribution in [-0.4, -0.2) is 29.2 Å². The van der Waals surface area contributed by atoms with Gasteiger partial charge in [0.2, 0.25) is 11.9 Å². The minimum absolute atomic E-state index is 0.445. The van der Waals surface area contributed by atoms with Gasteiger partial charge in [0.05, 0.1) is 14.2 Å². The topological polar surface area (TPSA) is 81.2 Å². The molecule has 0 spiro atoms. The van der Waals surface area contributed by atoms with Crippen molar-refractivity contribution < 1.29 is 9.47 Å². The van der Waals surface area contributed by atoms with Gasteiger partial charge in [0.1, 0.15) is 6.33 Å². The average Bonchev–Trinajstić information content (AvgIpc) is 3.16. The van der Waals surface area contributed by atoms with E-state index in [1.807, 2.05) is 18.2 Å². The number of ether oxygens (including phenoxy) is 2. The quantitative estimate of drug-likeness (QED) is 0.688. The summed E-state index contributed by atoms with van der Waals surface area (Å²) in [6, 6.07) is 11.9. The van der Waals surface area contributed by atoms with Crippen molar-refractivity contribution in [2.24, 2.45) is 0 Å². The first-order chi connectivity index (χ1) is 13.2. The molecule has 0 aliphatic heterocycles. The zero-order valence-electron chi connectivity index (χ0n) is 15.3. The van der Waals surface area contributed by atoms with Gasteiger partial charge in [-0.05, 0) is 54.7 Å². The highest BCUT2D eigenvalue weighted by Gasteiger charge is 2.11. The number of anilines is 4. The highest BCUT2D eigenvalue weighted by molar-refractivity contribution is 5.61. The van der Waals surface area contributed by atoms with Gasteiger partial charge in [0.25, 0.3) is 0 Å². The Morgan fingerprint density at radius 2 is 1.44 bits per heavy atom. The van der Waals surface area contributed by atoms with Crippen LogP contribution in [0.25, 0.3) is 0 Å². The summed E-state index contributed by atoms with van der Waals surface area (Å²) in [6.45, 7) is 0. The number of hydrogen-bond acceptors (Lipinski definition) is 7. The van der Waals surface area contributed by atoms with Crippen LogP contribution in [0.1, 0.15) is 17.5 Å². The number of rotatable bonds is 6. The Morgan fingerprint density at radius 3 is 2.19 bits per heavy atom. The number of nitrogens with one attached hydrogen (secondary N) is 2. The lowest BCUT2D eigenvalue weighted by Crippen LogP contribution is -2.03. The Bertz CT molecular complexity index is 961. The number of fused-ring (bicyclic) bond motifs is 1. The molecule has 0 fully saturated rings. The van der Waals surface area contributed by atoms with Gasteiger partial charge in [-0.3, -0.25) is 0 Å². The van der Waals surface area contributed by atoms with Gasteiger partial charge in [-0.15, -0.1) is 0 Å². The highest BCUT2D eigenvalue weighted by atomic mass is 16.5. The molecular formula is C20H21N5O2. The molecule has 0 bridgehead atoms. The molecule has 0 saturated heterocycles. The van der Waals surface area contributed by atoms with Crippen LogP contribution in [0.4, 0.5) is 23.3 Å². The summed E-state index contributed by atoms with van der Waals surface area (Å²) >= 11 is 0. The normalized spacial score (nSPS) is 12.4. The molecule has 27 heavy (non-hydrogen) atoms. The Labute approximate surface area is 157 Å². The van der Waals surface area contributed by atoms with E-state index in [0.717, 1.165) is 17.8 Å². The van der Waals surface area contributed by atoms with E-state index >= 15 is 0 Å². The summed E-state index contributed by atoms with van der Waals surface area (Å²) in [6.07, 6.45) is 5.00. The third-order valence-electron chi connectivity index (χ3n) is 4.57. The second kappa shape index (κ2) is 7.49. The SMILES string of the molecule is COc1ccc(Nc2ncnc(Nc3ccc4c(c3)CCC4)n2)cc1OC. The van der Waals surface area contributed by atoms with E-state index < -0.39 is 0 Å². The maximum atomic E-state index is 5.32. The molecule has 3 aromatic rings. The van der Waals surface area contributed by atoms with Crippen molar-refractivity contribution in [1.29, 1.82) is 0 Å². The van der Waals surface area contributed by atoms with Gasteiger partial charge in [0.15, 0.2) is 11.5 Å². The van der Waals surface area contributed by atoms with Crippen LogP contribution in [0.2, 0.25) is 0 Å². The summed E-state index contributed by atoms with van der Waals surface area (Å²) in [5.41, 5.74) is 4.62. The van der Waals surface area contributed by atoms with Gasteiger partial charge in [-0.1, -0.05) is 6.07 Å². The molecule has 4 rings (SSSR count). The first-order valence-electron chi connectivity index (χ1n) is 8.82. The van der Waals surface area contributed by atoms with E-state index in [4.69, 9.17) is 9.47 Å². The molecule has 0 amide bonds. The lowest BCUT2D eigenvalue weighted by atomic mass is 10.1. The standard InChI is InChI=1S/C20H21N5O2/c1-26-17-9-8-16(11-18(17)27-2)24-20-22-12-21-19(25-20)23-15-7-6-13-4-3-5-14(13)10-15/h6-12H,3-5H2,1-2H3,(H2,21,22,23,24,25). The third-order valence-corrected chi connectivity index (χ3v) is 4.57. The molecule has 1 heterocycles. The second-order valence-corrected chi connectivity index (χ2v) is 6.29. The maximum absolute atomic E-state index is 5.32. The number of benzene rings is 2. The van der Waals surface area contributed by atoms with Gasteiger partial charge in [-0.2, -0.15) is 4.98 Å². The van der Waals surface area contributed by atoms with E-state index in [9.17, 15) is 0 Å². The maximum Gasteiger partial charge on any atom is 0.232 e. The summed E-state index contributed by atoms with van der Waals surface area (Å²) in [7, 11) is 3.21. The average molecular weight is 363 g/mol. The molecule has 0 unspecified atom stereocenters. The predicted molar refractivity (Wildman–Crippen MR) is 104 cm³/mol. The van der Waals surface area contributed by atoms with Crippen LogP contribution < -0.4 is 20.1 Å². The molecule has 0 saturated carbocycles. The number of hydrogen-bond donors (Lipinski definition) is 2. The van der Waals surface area contributed by atoms with E-state index in [0.29, 0.717) is 23.4 Å². The fourth-order valence-corrected chi connectivity index (χ4v) is 3.24. The molecule has 2 aromatic carbocycles. The fourth-order valence-electron chi connectivity index (χ4n) is 3.24. The molecule has 1 aromatic heterocycles. The number of aryl methyl sites for hydroxylation is 2. The predicted octanol–water partition coefficient (Wildman–Crippen LogP) is 3.86. The molecule has 7 heteroatoms. The van der Waals surface area contributed by atoms with Crippen LogP contribution in [0.15, 0.2) is 42.7 Å². The van der Waals surface area contributed by atoms with Crippen LogP contribution in [0.3, 0.4) is 0 Å². The summed E-state index contributed by atoms with van der Waals surface area (Å²) in [4.78, 5) is 12.8. The van der Waals surface area contributed by atoms with Crippen molar-refractivity contribution in [3.8, 4) is 11.5 Å². The second-order valence-electron chi connectivity index (χ2n) is 6.29. The largest absolute Gasteiger partial charge is 0.493 e. The van der Waals surface area contributed by atoms with E-state index in [1.54, 1.807) is 14.2 Å². The van der Waals surface area contributed by atoms with Crippen molar-refractivity contribution in [2.45, 2.75) is 19.3 Å². The van der Waals surface area contributed by atoms with Crippen molar-refractivity contribution in [3.05, 3.63) is 53.9 Å². The minimum Gasteiger partial charge on any atom is -0.493 e. The van der Waals surface area contributed by atoms with Gasteiger partial charge in [0, 0.05) is 17.4 Å². The lowest BCUT2D eigenvalue weighted by Gasteiger charge is -2.11. The Kier molecular flexibility index (Phi) is 4.74. The van der Waals surface area contributed by atoms with E-state index in [1.165, 1.54) is 30.3 Å². The molecule has 7 nitrogen and oxygen atoms in total. The Balaban J connectivity index is 1.51. The minimum atomic E-state index is 0.445. The van der Waals surface area contributed by atoms with Gasteiger partial charge in [-0.25, -0.2) is 9.97 Å². The monoisotopic (exact) mass is 363 g/mol. The molecule has 1 aliphatic rings. The van der Waals surface area contributed by atoms with Crippen molar-refractivity contribution >= 4 is 23.3 Å². The molecule has 1 aliphatic carbocycles. The third kappa shape index (κ3) is 3.76. The zero-order chi connectivity index (χ0) is 18.6. The van der Waals surface area contributed by atoms with Crippen LogP contribution in [0.5, 0.6) is 11.5 Å². The summed E-state index contributed by atoms with van der Waals surface area (Å²) in [5.74, 6) is 2.23. The molecule has 0 atom stereocenters. The van der Waals surface area contributed by atoms with E-state index in [-0.39, 0.29) is 0 Å². The van der Waals surface area contributed by atoms with Gasteiger partial charge >= 0.3 is 0 Å². The molecule has 138 valence electrons. The zero-order valence-corrected chi connectivity index (χ0v) is 15.3.